The highest BCUT2D eigenvalue weighted by atomic mass is 16.5. The van der Waals surface area contributed by atoms with E-state index in [0.29, 0.717) is 0 Å². The van der Waals surface area contributed by atoms with Crippen LogP contribution in [0.25, 0.3) is 22.5 Å². The lowest BCUT2D eigenvalue weighted by Gasteiger charge is -2.03. The lowest BCUT2D eigenvalue weighted by molar-refractivity contribution is 0.415. The molecule has 94 valence electrons. The molecule has 0 bridgehead atoms. The summed E-state index contributed by atoms with van der Waals surface area (Å²) < 4.78 is 5.15. The molecule has 0 aliphatic rings. The molecule has 2 aromatic heterocycles. The summed E-state index contributed by atoms with van der Waals surface area (Å²) in [5, 5.41) is 7.17. The summed E-state index contributed by atoms with van der Waals surface area (Å²) in [6.45, 7) is 0. The summed E-state index contributed by atoms with van der Waals surface area (Å²) >= 11 is 0. The van der Waals surface area contributed by atoms with Gasteiger partial charge in [0.05, 0.1) is 12.8 Å². The van der Waals surface area contributed by atoms with Crippen LogP contribution in [0.3, 0.4) is 0 Å². The van der Waals surface area contributed by atoms with Gasteiger partial charge in [0, 0.05) is 23.5 Å². The molecule has 2 heterocycles. The molecule has 0 saturated carbocycles. The largest absolute Gasteiger partial charge is 0.497 e. The van der Waals surface area contributed by atoms with Gasteiger partial charge in [-0.2, -0.15) is 5.10 Å². The van der Waals surface area contributed by atoms with Gasteiger partial charge in [-0.25, -0.2) is 9.97 Å². The number of methoxy groups -OCH3 is 1. The number of aromatic nitrogens is 4. The summed E-state index contributed by atoms with van der Waals surface area (Å²) in [4.78, 5) is 8.17. The fraction of sp³-hybridized carbons (Fsp3) is 0.0714. The van der Waals surface area contributed by atoms with Crippen molar-refractivity contribution in [3.63, 3.8) is 0 Å². The summed E-state index contributed by atoms with van der Waals surface area (Å²) in [6.07, 6.45) is 5.08. The lowest BCUT2D eigenvalue weighted by Crippen LogP contribution is -1.87. The Bertz CT molecular complexity index is 661. The van der Waals surface area contributed by atoms with Gasteiger partial charge in [-0.3, -0.25) is 5.10 Å². The Morgan fingerprint density at radius 3 is 2.63 bits per heavy atom. The van der Waals surface area contributed by atoms with Crippen molar-refractivity contribution in [3.8, 4) is 28.3 Å². The van der Waals surface area contributed by atoms with Crippen LogP contribution in [0.5, 0.6) is 5.75 Å². The normalized spacial score (nSPS) is 10.4. The quantitative estimate of drug-likeness (QED) is 0.778. The number of hydrogen-bond acceptors (Lipinski definition) is 4. The minimum absolute atomic E-state index is 0.822. The van der Waals surface area contributed by atoms with Crippen LogP contribution >= 0.6 is 0 Å². The number of aromatic amines is 1. The maximum atomic E-state index is 5.15. The second-order valence-electron chi connectivity index (χ2n) is 3.97. The molecule has 0 spiro atoms. The van der Waals surface area contributed by atoms with Crippen LogP contribution in [0.1, 0.15) is 0 Å². The Labute approximate surface area is 110 Å². The third kappa shape index (κ3) is 2.18. The number of ether oxygens (including phenoxy) is 1. The van der Waals surface area contributed by atoms with E-state index in [1.807, 2.05) is 36.5 Å². The second kappa shape index (κ2) is 4.89. The minimum atomic E-state index is 0.822. The first-order valence-electron chi connectivity index (χ1n) is 5.83. The first-order valence-corrected chi connectivity index (χ1v) is 5.83. The SMILES string of the molecule is COc1ccc(-c2n[nH]cc2-c2ccncn2)cc1. The van der Waals surface area contributed by atoms with Gasteiger partial charge in [0.25, 0.3) is 0 Å². The van der Waals surface area contributed by atoms with E-state index >= 15 is 0 Å². The minimum Gasteiger partial charge on any atom is -0.497 e. The number of H-pyrrole nitrogens is 1. The Hall–Kier alpha value is -2.69. The molecule has 0 aliphatic heterocycles. The van der Waals surface area contributed by atoms with E-state index in [-0.39, 0.29) is 0 Å². The van der Waals surface area contributed by atoms with Gasteiger partial charge >= 0.3 is 0 Å². The van der Waals surface area contributed by atoms with Crippen molar-refractivity contribution in [1.82, 2.24) is 20.2 Å². The summed E-state index contributed by atoms with van der Waals surface area (Å²) in [7, 11) is 1.65. The molecule has 0 amide bonds. The van der Waals surface area contributed by atoms with Crippen LogP contribution in [0.15, 0.2) is 49.1 Å². The molecule has 0 aliphatic carbocycles. The van der Waals surface area contributed by atoms with E-state index in [9.17, 15) is 0 Å². The van der Waals surface area contributed by atoms with Crippen molar-refractivity contribution in [2.45, 2.75) is 0 Å². The molecule has 1 N–H and O–H groups in total. The molecule has 5 heteroatoms. The standard InChI is InChI=1S/C14H12N4O/c1-19-11-4-2-10(3-5-11)14-12(8-17-18-14)13-6-7-15-9-16-13/h2-9H,1H3,(H,17,18). The predicted molar refractivity (Wildman–Crippen MR) is 71.6 cm³/mol. The van der Waals surface area contributed by atoms with Gasteiger partial charge in [-0.15, -0.1) is 0 Å². The van der Waals surface area contributed by atoms with Gasteiger partial charge in [-0.05, 0) is 30.3 Å². The summed E-state index contributed by atoms with van der Waals surface area (Å²) in [5.41, 5.74) is 3.67. The molecule has 19 heavy (non-hydrogen) atoms. The maximum absolute atomic E-state index is 5.15. The van der Waals surface area contributed by atoms with Gasteiger partial charge in [0.15, 0.2) is 0 Å². The van der Waals surface area contributed by atoms with Crippen LogP contribution < -0.4 is 4.74 Å². The van der Waals surface area contributed by atoms with Gasteiger partial charge in [0.2, 0.25) is 0 Å². The Balaban J connectivity index is 2.04. The Kier molecular flexibility index (Phi) is 2.94. The molecular formula is C14H12N4O. The van der Waals surface area contributed by atoms with E-state index in [4.69, 9.17) is 4.74 Å². The molecule has 0 saturated heterocycles. The van der Waals surface area contributed by atoms with E-state index in [1.165, 1.54) is 6.33 Å². The molecule has 0 unspecified atom stereocenters. The average Bonchev–Trinajstić information content (AvgIpc) is 2.98. The zero-order valence-corrected chi connectivity index (χ0v) is 10.4. The molecule has 5 nitrogen and oxygen atoms in total. The Morgan fingerprint density at radius 1 is 1.11 bits per heavy atom. The summed E-state index contributed by atoms with van der Waals surface area (Å²) in [5.74, 6) is 0.822. The zero-order chi connectivity index (χ0) is 13.1. The monoisotopic (exact) mass is 252 g/mol. The van der Waals surface area contributed by atoms with Crippen molar-refractivity contribution in [3.05, 3.63) is 49.1 Å². The molecule has 0 fully saturated rings. The van der Waals surface area contributed by atoms with Crippen molar-refractivity contribution < 1.29 is 4.74 Å². The van der Waals surface area contributed by atoms with Crippen molar-refractivity contribution >= 4 is 0 Å². The van der Waals surface area contributed by atoms with Crippen LogP contribution in [0.2, 0.25) is 0 Å². The lowest BCUT2D eigenvalue weighted by atomic mass is 10.1. The molecule has 3 aromatic rings. The number of nitrogens with one attached hydrogen (secondary N) is 1. The first-order chi connectivity index (χ1) is 9.38. The highest BCUT2D eigenvalue weighted by molar-refractivity contribution is 5.78. The summed E-state index contributed by atoms with van der Waals surface area (Å²) in [6, 6.07) is 9.62. The van der Waals surface area contributed by atoms with Gasteiger partial charge in [-0.1, -0.05) is 0 Å². The highest BCUT2D eigenvalue weighted by Crippen LogP contribution is 2.29. The van der Waals surface area contributed by atoms with Crippen molar-refractivity contribution in [2.75, 3.05) is 7.11 Å². The van der Waals surface area contributed by atoms with Crippen molar-refractivity contribution in [1.29, 1.82) is 0 Å². The van der Waals surface area contributed by atoms with E-state index in [1.54, 1.807) is 13.3 Å². The van der Waals surface area contributed by atoms with Crippen molar-refractivity contribution in [2.24, 2.45) is 0 Å². The second-order valence-corrected chi connectivity index (χ2v) is 3.97. The van der Waals surface area contributed by atoms with E-state index in [0.717, 1.165) is 28.3 Å². The number of hydrogen-bond donors (Lipinski definition) is 1. The van der Waals surface area contributed by atoms with Crippen LogP contribution in [0.4, 0.5) is 0 Å². The molecule has 3 rings (SSSR count). The first kappa shape index (κ1) is 11.4. The molecule has 1 aromatic carbocycles. The average molecular weight is 252 g/mol. The number of benzene rings is 1. The Morgan fingerprint density at radius 2 is 1.95 bits per heavy atom. The number of nitrogens with zero attached hydrogens (tertiary/aromatic N) is 3. The fourth-order valence-electron chi connectivity index (χ4n) is 1.90. The third-order valence-corrected chi connectivity index (χ3v) is 2.86. The zero-order valence-electron chi connectivity index (χ0n) is 10.4. The fourth-order valence-corrected chi connectivity index (χ4v) is 1.90. The number of rotatable bonds is 3. The van der Waals surface area contributed by atoms with Gasteiger partial charge in [0.1, 0.15) is 17.8 Å². The molecule has 0 radical (unpaired) electrons. The van der Waals surface area contributed by atoms with E-state index in [2.05, 4.69) is 20.2 Å². The molecular weight excluding hydrogens is 240 g/mol. The maximum Gasteiger partial charge on any atom is 0.118 e. The topological polar surface area (TPSA) is 63.7 Å². The third-order valence-electron chi connectivity index (χ3n) is 2.86. The van der Waals surface area contributed by atoms with E-state index < -0.39 is 0 Å². The predicted octanol–water partition coefficient (Wildman–Crippen LogP) is 2.54. The van der Waals surface area contributed by atoms with Crippen LogP contribution in [0, 0.1) is 0 Å². The highest BCUT2D eigenvalue weighted by Gasteiger charge is 2.11. The van der Waals surface area contributed by atoms with Gasteiger partial charge < -0.3 is 4.74 Å². The van der Waals surface area contributed by atoms with Crippen LogP contribution in [-0.2, 0) is 0 Å². The molecule has 0 atom stereocenters. The van der Waals surface area contributed by atoms with Crippen LogP contribution in [-0.4, -0.2) is 27.3 Å². The smallest absolute Gasteiger partial charge is 0.118 e.